The maximum atomic E-state index is 3.96. The molecule has 1 saturated heterocycles. The highest BCUT2D eigenvalue weighted by molar-refractivity contribution is 4.87. The summed E-state index contributed by atoms with van der Waals surface area (Å²) in [6.45, 7) is 10.2. The second kappa shape index (κ2) is 8.15. The van der Waals surface area contributed by atoms with Gasteiger partial charge in [0.15, 0.2) is 0 Å². The van der Waals surface area contributed by atoms with E-state index in [2.05, 4.69) is 24.1 Å². The fraction of sp³-hybridized carbons (Fsp3) is 1.00. The van der Waals surface area contributed by atoms with E-state index in [0.717, 1.165) is 29.7 Å². The van der Waals surface area contributed by atoms with Crippen LogP contribution in [0.4, 0.5) is 0 Å². The van der Waals surface area contributed by atoms with Crippen molar-refractivity contribution in [2.45, 2.75) is 77.7 Å². The Morgan fingerprint density at radius 1 is 0.909 bits per heavy atom. The number of rotatable bonds is 6. The van der Waals surface area contributed by atoms with E-state index in [1.54, 1.807) is 0 Å². The lowest BCUT2D eigenvalue weighted by Crippen LogP contribution is -2.52. The lowest BCUT2D eigenvalue weighted by atomic mass is 9.85. The summed E-state index contributed by atoms with van der Waals surface area (Å²) in [6.07, 6.45) is 13.2. The van der Waals surface area contributed by atoms with E-state index in [9.17, 15) is 0 Å². The molecule has 0 aromatic carbocycles. The van der Waals surface area contributed by atoms with Gasteiger partial charge in [0.1, 0.15) is 0 Å². The van der Waals surface area contributed by atoms with E-state index in [1.165, 1.54) is 84.0 Å². The average Bonchev–Trinajstić information content (AvgIpc) is 3.18. The van der Waals surface area contributed by atoms with Crippen LogP contribution in [0.1, 0.15) is 71.6 Å². The number of piperidine rings is 1. The average molecular weight is 307 g/mol. The van der Waals surface area contributed by atoms with Crippen LogP contribution in [0, 0.1) is 23.7 Å². The van der Waals surface area contributed by atoms with Crippen LogP contribution in [0.2, 0.25) is 0 Å². The number of likely N-dealkylation sites (tertiary alicyclic amines) is 1. The molecule has 0 bridgehead atoms. The molecule has 2 atom stereocenters. The SMILES string of the molecule is CC(C)C1CC(NCC2CCCC2)CN(CC2CCCC2)C1. The van der Waals surface area contributed by atoms with E-state index in [1.807, 2.05) is 0 Å². The Morgan fingerprint density at radius 2 is 1.55 bits per heavy atom. The van der Waals surface area contributed by atoms with Crippen molar-refractivity contribution in [2.75, 3.05) is 26.2 Å². The van der Waals surface area contributed by atoms with Gasteiger partial charge in [-0.25, -0.2) is 0 Å². The molecule has 3 aliphatic rings. The van der Waals surface area contributed by atoms with Crippen LogP contribution in [0.15, 0.2) is 0 Å². The predicted octanol–water partition coefficient (Wildman–Crippen LogP) is 4.30. The minimum absolute atomic E-state index is 0.753. The minimum Gasteiger partial charge on any atom is -0.312 e. The molecule has 1 aliphatic heterocycles. The summed E-state index contributed by atoms with van der Waals surface area (Å²) in [6, 6.07) is 0.753. The zero-order valence-electron chi connectivity index (χ0n) is 15.0. The summed E-state index contributed by atoms with van der Waals surface area (Å²) in [5.41, 5.74) is 0. The first-order valence-electron chi connectivity index (χ1n) is 10.2. The fourth-order valence-corrected chi connectivity index (χ4v) is 5.12. The summed E-state index contributed by atoms with van der Waals surface area (Å²) in [7, 11) is 0. The molecular weight excluding hydrogens is 268 g/mol. The number of nitrogens with zero attached hydrogens (tertiary/aromatic N) is 1. The Balaban J connectivity index is 1.49. The molecule has 0 radical (unpaired) electrons. The normalized spacial score (nSPS) is 32.3. The van der Waals surface area contributed by atoms with Gasteiger partial charge in [0.05, 0.1) is 0 Å². The first kappa shape index (κ1) is 16.8. The van der Waals surface area contributed by atoms with Crippen molar-refractivity contribution in [3.63, 3.8) is 0 Å². The smallest absolute Gasteiger partial charge is 0.0198 e. The van der Waals surface area contributed by atoms with Crippen LogP contribution in [-0.2, 0) is 0 Å². The van der Waals surface area contributed by atoms with Crippen LogP contribution in [0.5, 0.6) is 0 Å². The van der Waals surface area contributed by atoms with Crippen LogP contribution >= 0.6 is 0 Å². The van der Waals surface area contributed by atoms with Gasteiger partial charge in [-0.3, -0.25) is 0 Å². The molecular formula is C20H38N2. The first-order chi connectivity index (χ1) is 10.7. The van der Waals surface area contributed by atoms with Crippen molar-refractivity contribution in [1.82, 2.24) is 10.2 Å². The topological polar surface area (TPSA) is 15.3 Å². The monoisotopic (exact) mass is 306 g/mol. The summed E-state index contributed by atoms with van der Waals surface area (Å²) in [5.74, 6) is 3.71. The third-order valence-electron chi connectivity index (χ3n) is 6.66. The Labute approximate surface area is 138 Å². The van der Waals surface area contributed by atoms with E-state index >= 15 is 0 Å². The van der Waals surface area contributed by atoms with Crippen LogP contribution in [-0.4, -0.2) is 37.1 Å². The van der Waals surface area contributed by atoms with E-state index < -0.39 is 0 Å². The van der Waals surface area contributed by atoms with Crippen molar-refractivity contribution in [3.8, 4) is 0 Å². The van der Waals surface area contributed by atoms with Gasteiger partial charge in [0.25, 0.3) is 0 Å². The molecule has 2 nitrogen and oxygen atoms in total. The van der Waals surface area contributed by atoms with Gasteiger partial charge >= 0.3 is 0 Å². The summed E-state index contributed by atoms with van der Waals surface area (Å²) in [4.78, 5) is 2.82. The van der Waals surface area contributed by atoms with Crippen LogP contribution in [0.25, 0.3) is 0 Å². The summed E-state index contributed by atoms with van der Waals surface area (Å²) < 4.78 is 0. The molecule has 1 heterocycles. The third kappa shape index (κ3) is 4.71. The molecule has 2 aliphatic carbocycles. The molecule has 128 valence electrons. The van der Waals surface area contributed by atoms with Crippen molar-refractivity contribution in [1.29, 1.82) is 0 Å². The lowest BCUT2D eigenvalue weighted by molar-refractivity contribution is 0.0997. The molecule has 2 heteroatoms. The van der Waals surface area contributed by atoms with Gasteiger partial charge in [-0.15, -0.1) is 0 Å². The van der Waals surface area contributed by atoms with Gasteiger partial charge in [0, 0.05) is 25.7 Å². The van der Waals surface area contributed by atoms with Crippen LogP contribution < -0.4 is 5.32 Å². The number of hydrogen-bond donors (Lipinski definition) is 1. The second-order valence-electron chi connectivity index (χ2n) is 8.86. The highest BCUT2D eigenvalue weighted by Crippen LogP contribution is 2.30. The molecule has 3 rings (SSSR count). The molecule has 0 aromatic heterocycles. The Morgan fingerprint density at radius 3 is 2.18 bits per heavy atom. The number of nitrogens with one attached hydrogen (secondary N) is 1. The van der Waals surface area contributed by atoms with Gasteiger partial charge in [0.2, 0.25) is 0 Å². The molecule has 3 fully saturated rings. The van der Waals surface area contributed by atoms with Crippen molar-refractivity contribution >= 4 is 0 Å². The van der Waals surface area contributed by atoms with Crippen molar-refractivity contribution in [2.24, 2.45) is 23.7 Å². The standard InChI is InChI=1S/C20H38N2/c1-16(2)19-11-20(21-12-17-7-3-4-8-17)15-22(14-19)13-18-9-5-6-10-18/h16-21H,3-15H2,1-2H3. The maximum absolute atomic E-state index is 3.96. The molecule has 0 spiro atoms. The van der Waals surface area contributed by atoms with Crippen molar-refractivity contribution < 1.29 is 0 Å². The van der Waals surface area contributed by atoms with Gasteiger partial charge < -0.3 is 10.2 Å². The Bertz CT molecular complexity index is 314. The fourth-order valence-electron chi connectivity index (χ4n) is 5.12. The Hall–Kier alpha value is -0.0800. The van der Waals surface area contributed by atoms with Crippen molar-refractivity contribution in [3.05, 3.63) is 0 Å². The molecule has 2 saturated carbocycles. The molecule has 0 aromatic rings. The van der Waals surface area contributed by atoms with E-state index in [4.69, 9.17) is 0 Å². The van der Waals surface area contributed by atoms with Crippen LogP contribution in [0.3, 0.4) is 0 Å². The largest absolute Gasteiger partial charge is 0.312 e. The van der Waals surface area contributed by atoms with E-state index in [0.29, 0.717) is 0 Å². The van der Waals surface area contributed by atoms with Gasteiger partial charge in [-0.05, 0) is 62.3 Å². The highest BCUT2D eigenvalue weighted by Gasteiger charge is 2.31. The highest BCUT2D eigenvalue weighted by atomic mass is 15.2. The third-order valence-corrected chi connectivity index (χ3v) is 6.66. The number of hydrogen-bond acceptors (Lipinski definition) is 2. The molecule has 2 unspecified atom stereocenters. The maximum Gasteiger partial charge on any atom is 0.0198 e. The molecule has 1 N–H and O–H groups in total. The first-order valence-corrected chi connectivity index (χ1v) is 10.2. The summed E-state index contributed by atoms with van der Waals surface area (Å²) >= 11 is 0. The minimum atomic E-state index is 0.753. The van der Waals surface area contributed by atoms with Gasteiger partial charge in [-0.2, -0.15) is 0 Å². The summed E-state index contributed by atoms with van der Waals surface area (Å²) in [5, 5.41) is 3.96. The second-order valence-corrected chi connectivity index (χ2v) is 8.86. The predicted molar refractivity (Wildman–Crippen MR) is 95.1 cm³/mol. The molecule has 0 amide bonds. The quantitative estimate of drug-likeness (QED) is 0.787. The lowest BCUT2D eigenvalue weighted by Gasteiger charge is -2.41. The molecule has 22 heavy (non-hydrogen) atoms. The zero-order valence-corrected chi connectivity index (χ0v) is 15.0. The Kier molecular flexibility index (Phi) is 6.21. The van der Waals surface area contributed by atoms with E-state index in [-0.39, 0.29) is 0 Å². The van der Waals surface area contributed by atoms with Gasteiger partial charge in [-0.1, -0.05) is 39.5 Å². The zero-order chi connectivity index (χ0) is 15.4.